The Morgan fingerprint density at radius 3 is 2.54 bits per heavy atom. The maximum absolute atomic E-state index is 12.5. The SMILES string of the molecule is OC1(c2cccc(OC(F)(F)F)c2)CCN(c2ccc3nccnc3n2)CC1. The summed E-state index contributed by atoms with van der Waals surface area (Å²) in [5.41, 5.74) is 0.420. The maximum atomic E-state index is 12.5. The summed E-state index contributed by atoms with van der Waals surface area (Å²) in [5, 5.41) is 11.0. The minimum atomic E-state index is -4.77. The average Bonchev–Trinajstić information content (AvgIpc) is 2.67. The van der Waals surface area contributed by atoms with Crippen molar-refractivity contribution in [2.45, 2.75) is 24.8 Å². The van der Waals surface area contributed by atoms with E-state index >= 15 is 0 Å². The summed E-state index contributed by atoms with van der Waals surface area (Å²) < 4.78 is 41.3. The van der Waals surface area contributed by atoms with Crippen LogP contribution >= 0.6 is 0 Å². The highest BCUT2D eigenvalue weighted by molar-refractivity contribution is 5.71. The second kappa shape index (κ2) is 6.90. The topological polar surface area (TPSA) is 71.4 Å². The van der Waals surface area contributed by atoms with Crippen molar-refractivity contribution in [3.63, 3.8) is 0 Å². The summed E-state index contributed by atoms with van der Waals surface area (Å²) in [5.74, 6) is 0.389. The fraction of sp³-hybridized carbons (Fsp3) is 0.316. The van der Waals surface area contributed by atoms with Crippen LogP contribution in [0.4, 0.5) is 19.0 Å². The third-order valence-corrected chi connectivity index (χ3v) is 4.84. The number of rotatable bonds is 3. The summed E-state index contributed by atoms with van der Waals surface area (Å²) in [6, 6.07) is 9.21. The molecular weight excluding hydrogens is 373 g/mol. The Morgan fingerprint density at radius 1 is 1.04 bits per heavy atom. The lowest BCUT2D eigenvalue weighted by molar-refractivity contribution is -0.274. The molecule has 0 amide bonds. The molecule has 146 valence electrons. The van der Waals surface area contributed by atoms with Crippen LogP contribution in [-0.4, -0.2) is 39.5 Å². The van der Waals surface area contributed by atoms with Gasteiger partial charge in [-0.25, -0.2) is 9.97 Å². The first kappa shape index (κ1) is 18.4. The largest absolute Gasteiger partial charge is 0.573 e. The molecule has 28 heavy (non-hydrogen) atoms. The molecule has 3 aromatic rings. The maximum Gasteiger partial charge on any atom is 0.573 e. The van der Waals surface area contributed by atoms with Gasteiger partial charge in [0.1, 0.15) is 17.1 Å². The first-order valence-electron chi connectivity index (χ1n) is 8.74. The number of hydrogen-bond donors (Lipinski definition) is 1. The van der Waals surface area contributed by atoms with E-state index in [1.54, 1.807) is 18.5 Å². The van der Waals surface area contributed by atoms with Crippen molar-refractivity contribution in [1.29, 1.82) is 0 Å². The van der Waals surface area contributed by atoms with Gasteiger partial charge in [0.2, 0.25) is 0 Å². The molecule has 1 fully saturated rings. The van der Waals surface area contributed by atoms with Gasteiger partial charge in [0, 0.05) is 25.5 Å². The molecule has 1 aromatic carbocycles. The second-order valence-corrected chi connectivity index (χ2v) is 6.66. The fourth-order valence-corrected chi connectivity index (χ4v) is 3.40. The molecule has 0 radical (unpaired) electrons. The number of anilines is 1. The van der Waals surface area contributed by atoms with Crippen LogP contribution < -0.4 is 9.64 Å². The van der Waals surface area contributed by atoms with Gasteiger partial charge in [-0.2, -0.15) is 0 Å². The number of alkyl halides is 3. The van der Waals surface area contributed by atoms with Crippen molar-refractivity contribution in [2.75, 3.05) is 18.0 Å². The molecule has 0 spiro atoms. The monoisotopic (exact) mass is 390 g/mol. The van der Waals surface area contributed by atoms with E-state index < -0.39 is 12.0 Å². The molecule has 0 unspecified atom stereocenters. The van der Waals surface area contributed by atoms with Gasteiger partial charge < -0.3 is 14.7 Å². The van der Waals surface area contributed by atoms with Crippen LogP contribution in [0.1, 0.15) is 18.4 Å². The third-order valence-electron chi connectivity index (χ3n) is 4.84. The minimum absolute atomic E-state index is 0.337. The highest BCUT2D eigenvalue weighted by Gasteiger charge is 2.36. The summed E-state index contributed by atoms with van der Waals surface area (Å²) in [7, 11) is 0. The summed E-state index contributed by atoms with van der Waals surface area (Å²) >= 11 is 0. The summed E-state index contributed by atoms with van der Waals surface area (Å²) in [6.45, 7) is 0.999. The van der Waals surface area contributed by atoms with Crippen LogP contribution in [0.3, 0.4) is 0 Å². The number of benzene rings is 1. The van der Waals surface area contributed by atoms with Gasteiger partial charge in [-0.05, 0) is 42.7 Å². The molecule has 1 aliphatic heterocycles. The molecule has 1 N–H and O–H groups in total. The van der Waals surface area contributed by atoms with Crippen LogP contribution in [0.5, 0.6) is 5.75 Å². The van der Waals surface area contributed by atoms with Crippen molar-refractivity contribution < 1.29 is 23.0 Å². The Labute approximate surface area is 158 Å². The number of aromatic nitrogens is 3. The molecule has 9 heteroatoms. The molecule has 1 saturated heterocycles. The standard InChI is InChI=1S/C19H17F3N4O2/c20-19(21,22)28-14-3-1-2-13(12-14)18(27)6-10-26(11-7-18)16-5-4-15-17(25-16)24-9-8-23-15/h1-5,8-9,12,27H,6-7,10-11H2. The molecule has 2 aromatic heterocycles. The molecule has 6 nitrogen and oxygen atoms in total. The number of nitrogens with zero attached hydrogens (tertiary/aromatic N) is 4. The lowest BCUT2D eigenvalue weighted by atomic mass is 9.84. The van der Waals surface area contributed by atoms with Crippen LogP contribution in [0, 0.1) is 0 Å². The van der Waals surface area contributed by atoms with Gasteiger partial charge in [-0.3, -0.25) is 4.98 Å². The highest BCUT2D eigenvalue weighted by atomic mass is 19.4. The minimum Gasteiger partial charge on any atom is -0.406 e. The van der Waals surface area contributed by atoms with Crippen LogP contribution in [-0.2, 0) is 5.60 Å². The summed E-state index contributed by atoms with van der Waals surface area (Å²) in [4.78, 5) is 14.9. The van der Waals surface area contributed by atoms with E-state index in [9.17, 15) is 18.3 Å². The van der Waals surface area contributed by atoms with E-state index in [2.05, 4.69) is 19.7 Å². The Balaban J connectivity index is 1.50. The number of aliphatic hydroxyl groups is 1. The fourth-order valence-electron chi connectivity index (χ4n) is 3.40. The Bertz CT molecular complexity index is 988. The zero-order valence-corrected chi connectivity index (χ0v) is 14.7. The van der Waals surface area contributed by atoms with Crippen molar-refractivity contribution in [2.24, 2.45) is 0 Å². The van der Waals surface area contributed by atoms with Crippen molar-refractivity contribution >= 4 is 17.0 Å². The van der Waals surface area contributed by atoms with Gasteiger partial charge in [0.15, 0.2) is 5.65 Å². The molecule has 4 rings (SSSR count). The molecular formula is C19H17F3N4O2. The van der Waals surface area contributed by atoms with E-state index in [1.807, 2.05) is 17.0 Å². The predicted molar refractivity (Wildman–Crippen MR) is 95.8 cm³/mol. The van der Waals surface area contributed by atoms with Crippen LogP contribution in [0.15, 0.2) is 48.8 Å². The molecule has 0 bridgehead atoms. The van der Waals surface area contributed by atoms with Crippen molar-refractivity contribution in [3.8, 4) is 5.75 Å². The molecule has 0 saturated carbocycles. The van der Waals surface area contributed by atoms with Crippen LogP contribution in [0.25, 0.3) is 11.2 Å². The third kappa shape index (κ3) is 3.84. The first-order chi connectivity index (χ1) is 13.3. The van der Waals surface area contributed by atoms with Gasteiger partial charge in [-0.15, -0.1) is 13.2 Å². The molecule has 0 atom stereocenters. The van der Waals surface area contributed by atoms with E-state index in [-0.39, 0.29) is 5.75 Å². The van der Waals surface area contributed by atoms with E-state index in [0.29, 0.717) is 42.7 Å². The number of pyridine rings is 1. The zero-order valence-electron chi connectivity index (χ0n) is 14.7. The first-order valence-corrected chi connectivity index (χ1v) is 8.74. The molecule has 3 heterocycles. The number of ether oxygens (including phenoxy) is 1. The highest BCUT2D eigenvalue weighted by Crippen LogP contribution is 2.36. The summed E-state index contributed by atoms with van der Waals surface area (Å²) in [6.07, 6.45) is -0.897. The van der Waals surface area contributed by atoms with Crippen LogP contribution in [0.2, 0.25) is 0 Å². The lowest BCUT2D eigenvalue weighted by Crippen LogP contribution is -2.43. The zero-order chi connectivity index (χ0) is 19.8. The second-order valence-electron chi connectivity index (χ2n) is 6.66. The smallest absolute Gasteiger partial charge is 0.406 e. The van der Waals surface area contributed by atoms with Gasteiger partial charge in [0.25, 0.3) is 0 Å². The quantitative estimate of drug-likeness (QED) is 0.739. The lowest BCUT2D eigenvalue weighted by Gasteiger charge is -2.39. The Hall–Kier alpha value is -2.94. The van der Waals surface area contributed by atoms with Crippen molar-refractivity contribution in [1.82, 2.24) is 15.0 Å². The average molecular weight is 390 g/mol. The van der Waals surface area contributed by atoms with E-state index in [1.165, 1.54) is 18.2 Å². The van der Waals surface area contributed by atoms with Crippen molar-refractivity contribution in [3.05, 3.63) is 54.4 Å². The number of piperidine rings is 1. The van der Waals surface area contributed by atoms with Gasteiger partial charge in [0.05, 0.1) is 5.60 Å². The normalized spacial score (nSPS) is 16.9. The number of hydrogen-bond acceptors (Lipinski definition) is 6. The number of fused-ring (bicyclic) bond motifs is 1. The van der Waals surface area contributed by atoms with E-state index in [4.69, 9.17) is 0 Å². The predicted octanol–water partition coefficient (Wildman–Crippen LogP) is 3.41. The molecule has 1 aliphatic rings. The van der Waals surface area contributed by atoms with Gasteiger partial charge in [-0.1, -0.05) is 12.1 Å². The van der Waals surface area contributed by atoms with Gasteiger partial charge >= 0.3 is 6.36 Å². The van der Waals surface area contributed by atoms with E-state index in [0.717, 1.165) is 5.82 Å². The number of halogens is 3. The Morgan fingerprint density at radius 2 is 1.79 bits per heavy atom. The Kier molecular flexibility index (Phi) is 4.54. The molecule has 0 aliphatic carbocycles.